The van der Waals surface area contributed by atoms with Crippen LogP contribution in [-0.4, -0.2) is 52.4 Å². The van der Waals surface area contributed by atoms with Crippen molar-refractivity contribution in [3.05, 3.63) is 24.8 Å². The van der Waals surface area contributed by atoms with Crippen LogP contribution in [0.1, 0.15) is 40.7 Å². The third-order valence-corrected chi connectivity index (χ3v) is 11.1. The van der Waals surface area contributed by atoms with Gasteiger partial charge in [-0.1, -0.05) is 32.9 Å². The Balaban J connectivity index is 1.64. The molecule has 4 rings (SSSR count). The van der Waals surface area contributed by atoms with E-state index in [4.69, 9.17) is 19.6 Å². The Kier molecular flexibility index (Phi) is 5.08. The molecule has 4 atom stereocenters. The highest BCUT2D eigenvalue weighted by Crippen LogP contribution is 2.43. The predicted octanol–water partition coefficient (Wildman–Crippen LogP) is 3.68. The Morgan fingerprint density at radius 3 is 2.53 bits per heavy atom. The van der Waals surface area contributed by atoms with Crippen LogP contribution in [0.4, 0.5) is 5.82 Å². The van der Waals surface area contributed by atoms with Gasteiger partial charge in [-0.05, 0) is 32.0 Å². The molecule has 9 heteroatoms. The van der Waals surface area contributed by atoms with Gasteiger partial charge in [0, 0.05) is 12.5 Å². The van der Waals surface area contributed by atoms with Gasteiger partial charge < -0.3 is 24.2 Å². The highest BCUT2D eigenvalue weighted by atomic mass is 28.4. The minimum absolute atomic E-state index is 0.0970. The van der Waals surface area contributed by atoms with Crippen molar-refractivity contribution in [2.75, 3.05) is 12.3 Å². The number of hydrogen-bond acceptors (Lipinski definition) is 7. The molecule has 8 nitrogen and oxygen atoms in total. The van der Waals surface area contributed by atoms with E-state index in [-0.39, 0.29) is 29.2 Å². The molecule has 0 unspecified atom stereocenters. The summed E-state index contributed by atoms with van der Waals surface area (Å²) in [6.07, 6.45) is 7.28. The van der Waals surface area contributed by atoms with Crippen molar-refractivity contribution in [3.63, 3.8) is 0 Å². The first kappa shape index (κ1) is 21.4. The topological polar surface area (TPSA) is 97.3 Å². The Morgan fingerprint density at radius 1 is 1.13 bits per heavy atom. The van der Waals surface area contributed by atoms with Crippen LogP contribution in [0.15, 0.2) is 24.8 Å². The van der Waals surface area contributed by atoms with E-state index in [0.29, 0.717) is 23.6 Å². The number of anilines is 1. The highest BCUT2D eigenvalue weighted by molar-refractivity contribution is 6.74. The largest absolute Gasteiger partial charge is 0.416 e. The Labute approximate surface area is 179 Å². The summed E-state index contributed by atoms with van der Waals surface area (Å²) in [5, 5.41) is 0.162. The van der Waals surface area contributed by atoms with Crippen molar-refractivity contribution in [3.8, 4) is 0 Å². The van der Waals surface area contributed by atoms with E-state index in [1.807, 2.05) is 18.4 Å². The quantitative estimate of drug-likeness (QED) is 0.582. The number of nitrogens with two attached hydrogens (primary N) is 1. The maximum Gasteiger partial charge on any atom is 0.192 e. The summed E-state index contributed by atoms with van der Waals surface area (Å²) in [5.74, 6) is -0.171. The van der Waals surface area contributed by atoms with Crippen molar-refractivity contribution in [1.82, 2.24) is 19.5 Å². The Morgan fingerprint density at radius 2 is 1.83 bits per heavy atom. The molecule has 0 aromatic carbocycles. The van der Waals surface area contributed by atoms with Gasteiger partial charge in [0.25, 0.3) is 0 Å². The second kappa shape index (κ2) is 7.12. The first-order valence-corrected chi connectivity index (χ1v) is 13.4. The fourth-order valence-corrected chi connectivity index (χ4v) is 4.94. The smallest absolute Gasteiger partial charge is 0.192 e. The maximum atomic E-state index is 6.52. The molecular formula is C21H33N5O3Si. The zero-order chi connectivity index (χ0) is 21.9. The molecule has 2 aliphatic rings. The first-order valence-electron chi connectivity index (χ1n) is 10.5. The number of imidazole rings is 1. The van der Waals surface area contributed by atoms with Gasteiger partial charge in [-0.2, -0.15) is 0 Å². The number of nitrogen functional groups attached to an aromatic ring is 1. The lowest BCUT2D eigenvalue weighted by molar-refractivity contribution is -0.150. The SMILES string of the molecule is CC1(C)O[C@@H]2[C@H](O1)[C@@H](CO[Si](C)(C)C(C)(C)C)C=C[C@H]2n1cnc2c(N)ncnc21. The summed E-state index contributed by atoms with van der Waals surface area (Å²) in [6.45, 7) is 15.9. The number of fused-ring (bicyclic) bond motifs is 2. The van der Waals surface area contributed by atoms with Crippen molar-refractivity contribution in [2.45, 2.75) is 76.8 Å². The van der Waals surface area contributed by atoms with Crippen molar-refractivity contribution in [2.24, 2.45) is 5.92 Å². The molecule has 0 bridgehead atoms. The molecule has 0 spiro atoms. The molecule has 30 heavy (non-hydrogen) atoms. The molecule has 1 fully saturated rings. The van der Waals surface area contributed by atoms with Crippen LogP contribution in [-0.2, 0) is 13.9 Å². The van der Waals surface area contributed by atoms with E-state index in [1.165, 1.54) is 6.33 Å². The summed E-state index contributed by atoms with van der Waals surface area (Å²) in [6, 6.07) is -0.0970. The zero-order valence-corrected chi connectivity index (χ0v) is 19.9. The van der Waals surface area contributed by atoms with Crippen LogP contribution < -0.4 is 5.73 Å². The van der Waals surface area contributed by atoms with E-state index in [9.17, 15) is 0 Å². The number of nitrogens with zero attached hydrogens (tertiary/aromatic N) is 4. The van der Waals surface area contributed by atoms with Gasteiger partial charge in [-0.25, -0.2) is 15.0 Å². The molecular weight excluding hydrogens is 398 g/mol. The monoisotopic (exact) mass is 431 g/mol. The van der Waals surface area contributed by atoms with Gasteiger partial charge in [0.1, 0.15) is 17.9 Å². The van der Waals surface area contributed by atoms with E-state index >= 15 is 0 Å². The lowest BCUT2D eigenvalue weighted by Crippen LogP contribution is -2.46. The van der Waals surface area contributed by atoms with Crippen LogP contribution in [0.5, 0.6) is 0 Å². The summed E-state index contributed by atoms with van der Waals surface area (Å²) in [5.41, 5.74) is 7.27. The molecule has 1 aliphatic heterocycles. The zero-order valence-electron chi connectivity index (χ0n) is 18.9. The second-order valence-electron chi connectivity index (χ2n) is 10.3. The Bertz CT molecular complexity index is 965. The van der Waals surface area contributed by atoms with Gasteiger partial charge in [0.2, 0.25) is 0 Å². The van der Waals surface area contributed by atoms with E-state index < -0.39 is 14.1 Å². The molecule has 164 valence electrons. The second-order valence-corrected chi connectivity index (χ2v) is 15.1. The molecule has 0 amide bonds. The molecule has 0 saturated carbocycles. The molecule has 3 heterocycles. The molecule has 0 radical (unpaired) electrons. The maximum absolute atomic E-state index is 6.52. The van der Waals surface area contributed by atoms with Crippen LogP contribution in [0, 0.1) is 5.92 Å². The van der Waals surface area contributed by atoms with Gasteiger partial charge >= 0.3 is 0 Å². The fourth-order valence-electron chi connectivity index (χ4n) is 3.90. The van der Waals surface area contributed by atoms with E-state index in [1.54, 1.807) is 6.33 Å². The standard InChI is InChI=1S/C21H33N5O3Si/c1-20(2,3)30(6,7)27-10-13-8-9-14(17-16(13)28-21(4,5)29-17)26-12-25-15-18(22)23-11-24-19(15)26/h8-9,11-14,16-17H,10H2,1-7H3,(H2,22,23,24)/t13-,14-,16-,17+/m1/s1. The minimum atomic E-state index is -1.86. The number of ether oxygens (including phenoxy) is 2. The van der Waals surface area contributed by atoms with Crippen LogP contribution in [0.2, 0.25) is 18.1 Å². The van der Waals surface area contributed by atoms with Gasteiger partial charge in [0.15, 0.2) is 25.6 Å². The summed E-state index contributed by atoms with van der Waals surface area (Å²) in [4.78, 5) is 12.9. The van der Waals surface area contributed by atoms with Gasteiger partial charge in [-0.3, -0.25) is 0 Å². The normalized spacial score (nSPS) is 28.8. The van der Waals surface area contributed by atoms with Crippen molar-refractivity contribution < 1.29 is 13.9 Å². The molecule has 1 saturated heterocycles. The summed E-state index contributed by atoms with van der Waals surface area (Å²) >= 11 is 0. The number of aromatic nitrogens is 4. The van der Waals surface area contributed by atoms with Gasteiger partial charge in [0.05, 0.1) is 18.5 Å². The average Bonchev–Trinajstić information content (AvgIpc) is 3.19. The fraction of sp³-hybridized carbons (Fsp3) is 0.667. The van der Waals surface area contributed by atoms with E-state index in [0.717, 1.165) is 0 Å². The summed E-state index contributed by atoms with van der Waals surface area (Å²) in [7, 11) is -1.86. The van der Waals surface area contributed by atoms with Crippen LogP contribution >= 0.6 is 0 Å². The van der Waals surface area contributed by atoms with Crippen LogP contribution in [0.25, 0.3) is 11.2 Å². The third kappa shape index (κ3) is 3.68. The molecule has 2 N–H and O–H groups in total. The summed E-state index contributed by atoms with van der Waals surface area (Å²) < 4.78 is 21.2. The lowest BCUT2D eigenvalue weighted by Gasteiger charge is -2.39. The molecule has 2 aromatic rings. The minimum Gasteiger partial charge on any atom is -0.416 e. The third-order valence-electron chi connectivity index (χ3n) is 6.63. The predicted molar refractivity (Wildman–Crippen MR) is 118 cm³/mol. The average molecular weight is 432 g/mol. The first-order chi connectivity index (χ1) is 13.9. The van der Waals surface area contributed by atoms with Crippen LogP contribution in [0.3, 0.4) is 0 Å². The van der Waals surface area contributed by atoms with Crippen molar-refractivity contribution in [1.29, 1.82) is 0 Å². The number of hydrogen-bond donors (Lipinski definition) is 1. The highest BCUT2D eigenvalue weighted by Gasteiger charge is 2.50. The Hall–Kier alpha value is -1.81. The molecule has 1 aliphatic carbocycles. The van der Waals surface area contributed by atoms with Gasteiger partial charge in [-0.15, -0.1) is 0 Å². The van der Waals surface area contributed by atoms with Crippen molar-refractivity contribution >= 4 is 25.3 Å². The number of rotatable bonds is 4. The van der Waals surface area contributed by atoms with E-state index in [2.05, 4.69) is 61.0 Å². The molecule has 2 aromatic heterocycles. The lowest BCUT2D eigenvalue weighted by atomic mass is 9.87.